The van der Waals surface area contributed by atoms with Gasteiger partial charge in [0, 0.05) is 10.8 Å². The van der Waals surface area contributed by atoms with Crippen LogP contribution >= 0.6 is 22.6 Å². The van der Waals surface area contributed by atoms with Crippen molar-refractivity contribution >= 4 is 40.2 Å². The second kappa shape index (κ2) is 5.85. The third-order valence-corrected chi connectivity index (χ3v) is 2.71. The van der Waals surface area contributed by atoms with Gasteiger partial charge in [-0.25, -0.2) is 4.79 Å². The molecule has 0 aliphatic heterocycles. The minimum Gasteiger partial charge on any atom is -0.506 e. The zero-order valence-corrected chi connectivity index (χ0v) is 11.3. The highest BCUT2D eigenvalue weighted by Gasteiger charge is 2.13. The van der Waals surface area contributed by atoms with Crippen LogP contribution in [0.15, 0.2) is 12.1 Å². The van der Waals surface area contributed by atoms with Gasteiger partial charge in [-0.15, -0.1) is 0 Å². The lowest BCUT2D eigenvalue weighted by molar-refractivity contribution is -0.115. The van der Waals surface area contributed by atoms with E-state index in [-0.39, 0.29) is 22.9 Å². The van der Waals surface area contributed by atoms with Crippen LogP contribution in [0.5, 0.6) is 5.75 Å². The predicted octanol–water partition coefficient (Wildman–Crippen LogP) is 2.16. The lowest BCUT2D eigenvalue weighted by Crippen LogP contribution is -2.12. The summed E-state index contributed by atoms with van der Waals surface area (Å²) in [5, 5.41) is 21.0. The number of carboxylic acids is 1. The van der Waals surface area contributed by atoms with E-state index in [0.717, 1.165) is 0 Å². The summed E-state index contributed by atoms with van der Waals surface area (Å²) in [7, 11) is 0. The van der Waals surface area contributed by atoms with Gasteiger partial charge in [-0.05, 0) is 24.6 Å². The quantitative estimate of drug-likeness (QED) is 0.442. The zero-order valence-electron chi connectivity index (χ0n) is 9.16. The van der Waals surface area contributed by atoms with Gasteiger partial charge in [0.1, 0.15) is 5.75 Å². The Bertz CT molecular complexity index is 459. The lowest BCUT2D eigenvalue weighted by Gasteiger charge is -2.09. The number of hydrogen-bond acceptors (Lipinski definition) is 3. The smallest absolute Gasteiger partial charge is 0.336 e. The van der Waals surface area contributed by atoms with Gasteiger partial charge in [0.05, 0.1) is 11.3 Å². The molecule has 0 saturated heterocycles. The summed E-state index contributed by atoms with van der Waals surface area (Å²) in [5.41, 5.74) is 0.636. The van der Waals surface area contributed by atoms with Gasteiger partial charge in [-0.2, -0.15) is 0 Å². The molecule has 0 aromatic heterocycles. The number of hydrogen-bond donors (Lipinski definition) is 3. The summed E-state index contributed by atoms with van der Waals surface area (Å²) in [5.74, 6) is -1.48. The van der Waals surface area contributed by atoms with Crippen LogP contribution < -0.4 is 5.32 Å². The van der Waals surface area contributed by atoms with Gasteiger partial charge in [-0.1, -0.05) is 22.6 Å². The SMILES string of the molecule is Cc1cc(O)c(NC(=O)CCI)cc1C(=O)O. The number of phenolic OH excluding ortho intramolecular Hbond substituents is 1. The first-order valence-corrected chi connectivity index (χ1v) is 6.41. The second-order valence-corrected chi connectivity index (χ2v) is 4.56. The van der Waals surface area contributed by atoms with Crippen molar-refractivity contribution in [1.82, 2.24) is 0 Å². The summed E-state index contributed by atoms with van der Waals surface area (Å²) in [4.78, 5) is 22.3. The first kappa shape index (κ1) is 13.8. The van der Waals surface area contributed by atoms with Crippen LogP contribution in [0.4, 0.5) is 5.69 Å². The molecule has 0 unspecified atom stereocenters. The number of benzene rings is 1. The largest absolute Gasteiger partial charge is 0.506 e. The fourth-order valence-electron chi connectivity index (χ4n) is 1.32. The van der Waals surface area contributed by atoms with Crippen LogP contribution in [-0.2, 0) is 4.79 Å². The summed E-state index contributed by atoms with van der Waals surface area (Å²) in [6.45, 7) is 1.58. The third-order valence-electron chi connectivity index (χ3n) is 2.17. The van der Waals surface area contributed by atoms with Crippen molar-refractivity contribution < 1.29 is 19.8 Å². The Balaban J connectivity index is 3.03. The Morgan fingerprint density at radius 2 is 2.06 bits per heavy atom. The molecule has 0 radical (unpaired) electrons. The van der Waals surface area contributed by atoms with E-state index < -0.39 is 5.97 Å². The summed E-state index contributed by atoms with van der Waals surface area (Å²) >= 11 is 2.06. The number of nitrogens with one attached hydrogen (secondary N) is 1. The van der Waals surface area contributed by atoms with E-state index in [1.807, 2.05) is 0 Å². The molecule has 0 atom stereocenters. The first-order valence-electron chi connectivity index (χ1n) is 4.88. The highest BCUT2D eigenvalue weighted by molar-refractivity contribution is 14.1. The third kappa shape index (κ3) is 3.58. The number of carbonyl (C=O) groups is 2. The maximum absolute atomic E-state index is 11.4. The van der Waals surface area contributed by atoms with Crippen molar-refractivity contribution in [3.8, 4) is 5.75 Å². The number of amides is 1. The highest BCUT2D eigenvalue weighted by Crippen LogP contribution is 2.27. The first-order chi connectivity index (χ1) is 7.95. The van der Waals surface area contributed by atoms with Crippen molar-refractivity contribution in [3.05, 3.63) is 23.3 Å². The summed E-state index contributed by atoms with van der Waals surface area (Å²) in [6.07, 6.45) is 0.316. The number of aromatic carboxylic acids is 1. The molecule has 0 aliphatic rings. The highest BCUT2D eigenvalue weighted by atomic mass is 127. The number of carboxylic acid groups (broad SMARTS) is 1. The molecule has 0 fully saturated rings. The topological polar surface area (TPSA) is 86.6 Å². The maximum atomic E-state index is 11.4. The lowest BCUT2D eigenvalue weighted by atomic mass is 10.1. The van der Waals surface area contributed by atoms with Gasteiger partial charge < -0.3 is 15.5 Å². The van der Waals surface area contributed by atoms with Crippen molar-refractivity contribution in [2.45, 2.75) is 13.3 Å². The average Bonchev–Trinajstić information content (AvgIpc) is 2.21. The van der Waals surface area contributed by atoms with E-state index >= 15 is 0 Å². The zero-order chi connectivity index (χ0) is 13.0. The van der Waals surface area contributed by atoms with E-state index in [4.69, 9.17) is 5.11 Å². The van der Waals surface area contributed by atoms with Crippen molar-refractivity contribution in [3.63, 3.8) is 0 Å². The maximum Gasteiger partial charge on any atom is 0.336 e. The van der Waals surface area contributed by atoms with E-state index in [2.05, 4.69) is 27.9 Å². The van der Waals surface area contributed by atoms with Crippen LogP contribution in [0.1, 0.15) is 22.3 Å². The molecular formula is C11H12INO4. The van der Waals surface area contributed by atoms with Crippen LogP contribution in [0.3, 0.4) is 0 Å². The normalized spacial score (nSPS) is 10.0. The number of aryl methyl sites for hydroxylation is 1. The summed E-state index contributed by atoms with van der Waals surface area (Å²) in [6, 6.07) is 2.58. The Labute approximate surface area is 112 Å². The fraction of sp³-hybridized carbons (Fsp3) is 0.273. The molecule has 1 aromatic rings. The fourth-order valence-corrected chi connectivity index (χ4v) is 1.81. The Morgan fingerprint density at radius 3 is 2.59 bits per heavy atom. The second-order valence-electron chi connectivity index (χ2n) is 3.48. The molecule has 92 valence electrons. The molecule has 0 aliphatic carbocycles. The Morgan fingerprint density at radius 1 is 1.41 bits per heavy atom. The number of phenols is 1. The molecule has 0 bridgehead atoms. The van der Waals surface area contributed by atoms with Crippen LogP contribution in [0, 0.1) is 6.92 Å². The molecule has 17 heavy (non-hydrogen) atoms. The number of aromatic hydroxyl groups is 1. The molecule has 3 N–H and O–H groups in total. The summed E-state index contributed by atoms with van der Waals surface area (Å²) < 4.78 is 0.655. The van der Waals surface area contributed by atoms with E-state index in [0.29, 0.717) is 16.4 Å². The Hall–Kier alpha value is -1.31. The van der Waals surface area contributed by atoms with Crippen molar-refractivity contribution in [1.29, 1.82) is 0 Å². The average molecular weight is 349 g/mol. The molecule has 1 aromatic carbocycles. The van der Waals surface area contributed by atoms with Gasteiger partial charge in [0.2, 0.25) is 5.91 Å². The molecular weight excluding hydrogens is 337 g/mol. The van der Waals surface area contributed by atoms with E-state index in [1.165, 1.54) is 12.1 Å². The molecule has 6 heteroatoms. The minimum atomic E-state index is -1.09. The predicted molar refractivity (Wildman–Crippen MR) is 71.9 cm³/mol. The molecule has 0 saturated carbocycles. The molecule has 1 rings (SSSR count). The number of halogens is 1. The molecule has 0 heterocycles. The van der Waals surface area contributed by atoms with Gasteiger partial charge >= 0.3 is 5.97 Å². The van der Waals surface area contributed by atoms with Crippen LogP contribution in [0.25, 0.3) is 0 Å². The number of rotatable bonds is 4. The Kier molecular flexibility index (Phi) is 4.73. The van der Waals surface area contributed by atoms with Crippen LogP contribution in [-0.4, -0.2) is 26.5 Å². The standard InChI is InChI=1S/C11H12INO4/c1-6-4-9(14)8(5-7(6)11(16)17)13-10(15)2-3-12/h4-5,14H,2-3H2,1H3,(H,13,15)(H,16,17). The van der Waals surface area contributed by atoms with Gasteiger partial charge in [-0.3, -0.25) is 4.79 Å². The minimum absolute atomic E-state index is 0.0626. The monoisotopic (exact) mass is 349 g/mol. The van der Waals surface area contributed by atoms with Crippen molar-refractivity contribution in [2.75, 3.05) is 9.74 Å². The molecule has 0 spiro atoms. The number of anilines is 1. The molecule has 5 nitrogen and oxygen atoms in total. The van der Waals surface area contributed by atoms with Gasteiger partial charge in [0.15, 0.2) is 0 Å². The molecule has 1 amide bonds. The van der Waals surface area contributed by atoms with E-state index in [1.54, 1.807) is 6.92 Å². The van der Waals surface area contributed by atoms with Crippen LogP contribution in [0.2, 0.25) is 0 Å². The van der Waals surface area contributed by atoms with Crippen molar-refractivity contribution in [2.24, 2.45) is 0 Å². The number of alkyl halides is 1. The number of carbonyl (C=O) groups excluding carboxylic acids is 1. The van der Waals surface area contributed by atoms with Gasteiger partial charge in [0.25, 0.3) is 0 Å². The van der Waals surface area contributed by atoms with E-state index in [9.17, 15) is 14.7 Å².